The van der Waals surface area contributed by atoms with Gasteiger partial charge in [-0.3, -0.25) is 14.6 Å². The van der Waals surface area contributed by atoms with E-state index in [0.29, 0.717) is 11.3 Å². The second-order valence-electron chi connectivity index (χ2n) is 7.70. The molecule has 8 nitrogen and oxygen atoms in total. The first-order chi connectivity index (χ1) is 16.9. The number of para-hydroxylation sites is 1. The Morgan fingerprint density at radius 2 is 1.86 bits per heavy atom. The predicted molar refractivity (Wildman–Crippen MR) is 130 cm³/mol. The highest BCUT2D eigenvalue weighted by Gasteiger charge is 2.20. The SMILES string of the molecule is CC(CO)NC(=O)c1cc(NC(=O)c2cc(-c3ncccc3F)ccc2Cl)n(-c2ccccc2)n1. The van der Waals surface area contributed by atoms with E-state index in [1.165, 1.54) is 41.2 Å². The number of benzene rings is 2. The number of pyridine rings is 1. The molecule has 10 heteroatoms. The van der Waals surface area contributed by atoms with Gasteiger partial charge in [-0.05, 0) is 43.3 Å². The van der Waals surface area contributed by atoms with Crippen LogP contribution in [0, 0.1) is 5.82 Å². The largest absolute Gasteiger partial charge is 0.394 e. The number of nitrogens with zero attached hydrogens (tertiary/aromatic N) is 3. The Hall–Kier alpha value is -4.08. The van der Waals surface area contributed by atoms with Crippen LogP contribution in [0.2, 0.25) is 5.02 Å². The third-order valence-corrected chi connectivity index (χ3v) is 5.41. The highest BCUT2D eigenvalue weighted by Crippen LogP contribution is 2.27. The standard InChI is InChI=1S/C25H21ClFN5O3/c1-15(14-33)29-25(35)21-13-22(32(31-21)17-6-3-2-4-7-17)30-24(34)18-12-16(9-10-19(18)26)23-20(27)8-5-11-28-23/h2-13,15,33H,14H2,1H3,(H,29,35)(H,30,34). The Labute approximate surface area is 205 Å². The maximum atomic E-state index is 14.2. The van der Waals surface area contributed by atoms with Crippen LogP contribution in [0.1, 0.15) is 27.8 Å². The molecular formula is C25H21ClFN5O3. The molecule has 4 aromatic rings. The molecule has 35 heavy (non-hydrogen) atoms. The molecule has 1 atom stereocenters. The van der Waals surface area contributed by atoms with Gasteiger partial charge in [0.1, 0.15) is 17.3 Å². The normalized spacial score (nSPS) is 11.7. The number of carbonyl (C=O) groups excluding carboxylic acids is 2. The number of anilines is 1. The number of amides is 2. The highest BCUT2D eigenvalue weighted by atomic mass is 35.5. The van der Waals surface area contributed by atoms with Gasteiger partial charge in [0.2, 0.25) is 0 Å². The van der Waals surface area contributed by atoms with Gasteiger partial charge in [0.15, 0.2) is 5.69 Å². The number of aliphatic hydroxyl groups is 1. The van der Waals surface area contributed by atoms with E-state index in [0.717, 1.165) is 0 Å². The van der Waals surface area contributed by atoms with Crippen molar-refractivity contribution in [3.8, 4) is 16.9 Å². The first kappa shape index (κ1) is 24.1. The maximum Gasteiger partial charge on any atom is 0.272 e. The fourth-order valence-electron chi connectivity index (χ4n) is 3.32. The van der Waals surface area contributed by atoms with Crippen molar-refractivity contribution in [1.82, 2.24) is 20.1 Å². The molecule has 2 aromatic carbocycles. The summed E-state index contributed by atoms with van der Waals surface area (Å²) in [5.74, 6) is -1.41. The van der Waals surface area contributed by atoms with Crippen molar-refractivity contribution in [2.24, 2.45) is 0 Å². The molecule has 2 amide bonds. The summed E-state index contributed by atoms with van der Waals surface area (Å²) in [6.07, 6.45) is 1.45. The van der Waals surface area contributed by atoms with Crippen molar-refractivity contribution in [2.75, 3.05) is 11.9 Å². The lowest BCUT2D eigenvalue weighted by molar-refractivity contribution is 0.0916. The fourth-order valence-corrected chi connectivity index (χ4v) is 3.52. The lowest BCUT2D eigenvalue weighted by Crippen LogP contribution is -2.35. The Morgan fingerprint density at radius 3 is 2.57 bits per heavy atom. The van der Waals surface area contributed by atoms with Crippen LogP contribution in [0.25, 0.3) is 16.9 Å². The molecule has 4 rings (SSSR count). The molecule has 0 saturated heterocycles. The Morgan fingerprint density at radius 1 is 1.09 bits per heavy atom. The molecule has 3 N–H and O–H groups in total. The summed E-state index contributed by atoms with van der Waals surface area (Å²) in [5.41, 5.74) is 1.21. The van der Waals surface area contributed by atoms with Crippen molar-refractivity contribution < 1.29 is 19.1 Å². The second-order valence-corrected chi connectivity index (χ2v) is 8.11. The molecule has 0 aliphatic heterocycles. The van der Waals surface area contributed by atoms with Gasteiger partial charge in [-0.2, -0.15) is 5.10 Å². The molecule has 0 radical (unpaired) electrons. The molecule has 1 unspecified atom stereocenters. The van der Waals surface area contributed by atoms with Gasteiger partial charge >= 0.3 is 0 Å². The fraction of sp³-hybridized carbons (Fsp3) is 0.120. The smallest absolute Gasteiger partial charge is 0.272 e. The van der Waals surface area contributed by atoms with E-state index in [4.69, 9.17) is 11.6 Å². The zero-order valence-electron chi connectivity index (χ0n) is 18.6. The van der Waals surface area contributed by atoms with E-state index in [2.05, 4.69) is 20.7 Å². The molecule has 0 aliphatic rings. The van der Waals surface area contributed by atoms with E-state index in [1.807, 2.05) is 6.07 Å². The molecule has 178 valence electrons. The van der Waals surface area contributed by atoms with Crippen molar-refractivity contribution in [3.63, 3.8) is 0 Å². The van der Waals surface area contributed by atoms with Crippen molar-refractivity contribution in [2.45, 2.75) is 13.0 Å². The summed E-state index contributed by atoms with van der Waals surface area (Å²) in [6.45, 7) is 1.41. The Bertz CT molecular complexity index is 1380. The first-order valence-electron chi connectivity index (χ1n) is 10.7. The van der Waals surface area contributed by atoms with Crippen LogP contribution in [-0.4, -0.2) is 44.3 Å². The average Bonchev–Trinajstić information content (AvgIpc) is 3.29. The van der Waals surface area contributed by atoms with Crippen LogP contribution in [0.15, 0.2) is 72.9 Å². The van der Waals surface area contributed by atoms with Gasteiger partial charge in [-0.1, -0.05) is 35.9 Å². The lowest BCUT2D eigenvalue weighted by atomic mass is 10.1. The zero-order valence-corrected chi connectivity index (χ0v) is 19.3. The van der Waals surface area contributed by atoms with Crippen LogP contribution < -0.4 is 10.6 Å². The summed E-state index contributed by atoms with van der Waals surface area (Å²) >= 11 is 6.29. The number of aliphatic hydroxyl groups excluding tert-OH is 1. The number of hydrogen-bond donors (Lipinski definition) is 3. The third kappa shape index (κ3) is 5.37. The van der Waals surface area contributed by atoms with E-state index in [1.54, 1.807) is 37.3 Å². The predicted octanol–water partition coefficient (Wildman–Crippen LogP) is 4.09. The van der Waals surface area contributed by atoms with Gasteiger partial charge < -0.3 is 15.7 Å². The molecule has 0 aliphatic carbocycles. The van der Waals surface area contributed by atoms with Crippen LogP contribution >= 0.6 is 11.6 Å². The number of rotatable bonds is 7. The molecular weight excluding hydrogens is 473 g/mol. The van der Waals surface area contributed by atoms with E-state index in [-0.39, 0.29) is 34.4 Å². The van der Waals surface area contributed by atoms with Crippen LogP contribution in [0.4, 0.5) is 10.2 Å². The van der Waals surface area contributed by atoms with E-state index in [9.17, 15) is 19.1 Å². The summed E-state index contributed by atoms with van der Waals surface area (Å²) in [6, 6.07) is 17.1. The molecule has 0 spiro atoms. The maximum absolute atomic E-state index is 14.2. The molecule has 0 fully saturated rings. The number of halogens is 2. The first-order valence-corrected chi connectivity index (χ1v) is 11.0. The quantitative estimate of drug-likeness (QED) is 0.359. The molecule has 0 saturated carbocycles. The van der Waals surface area contributed by atoms with Gasteiger partial charge in [-0.15, -0.1) is 0 Å². The topological polar surface area (TPSA) is 109 Å². The summed E-state index contributed by atoms with van der Waals surface area (Å²) < 4.78 is 15.6. The lowest BCUT2D eigenvalue weighted by Gasteiger charge is -2.11. The number of carbonyl (C=O) groups is 2. The number of nitrogens with one attached hydrogen (secondary N) is 2. The van der Waals surface area contributed by atoms with Crippen LogP contribution in [0.3, 0.4) is 0 Å². The minimum atomic E-state index is -0.582. The highest BCUT2D eigenvalue weighted by molar-refractivity contribution is 6.34. The minimum Gasteiger partial charge on any atom is -0.394 e. The zero-order chi connectivity index (χ0) is 24.9. The van der Waals surface area contributed by atoms with Crippen molar-refractivity contribution in [1.29, 1.82) is 0 Å². The number of hydrogen-bond acceptors (Lipinski definition) is 5. The second kappa shape index (κ2) is 10.5. The third-order valence-electron chi connectivity index (χ3n) is 5.08. The minimum absolute atomic E-state index is 0.0415. The van der Waals surface area contributed by atoms with Gasteiger partial charge in [-0.25, -0.2) is 9.07 Å². The Balaban J connectivity index is 1.69. The van der Waals surface area contributed by atoms with Crippen molar-refractivity contribution in [3.05, 3.63) is 95.0 Å². The number of aromatic nitrogens is 3. The average molecular weight is 494 g/mol. The van der Waals surface area contributed by atoms with Crippen LogP contribution in [0.5, 0.6) is 0 Å². The molecule has 2 aromatic heterocycles. The van der Waals surface area contributed by atoms with Gasteiger partial charge in [0, 0.05) is 23.9 Å². The van der Waals surface area contributed by atoms with E-state index >= 15 is 0 Å². The summed E-state index contributed by atoms with van der Waals surface area (Å²) in [7, 11) is 0. The molecule has 2 heterocycles. The van der Waals surface area contributed by atoms with Gasteiger partial charge in [0.05, 0.1) is 22.9 Å². The van der Waals surface area contributed by atoms with Crippen LogP contribution in [-0.2, 0) is 0 Å². The van der Waals surface area contributed by atoms with Crippen molar-refractivity contribution >= 4 is 29.2 Å². The Kier molecular flexibility index (Phi) is 7.19. The van der Waals surface area contributed by atoms with Gasteiger partial charge in [0.25, 0.3) is 11.8 Å². The summed E-state index contributed by atoms with van der Waals surface area (Å²) in [4.78, 5) is 29.8. The summed E-state index contributed by atoms with van der Waals surface area (Å²) in [5, 5.41) is 19.1. The monoisotopic (exact) mass is 493 g/mol. The van der Waals surface area contributed by atoms with E-state index < -0.39 is 23.7 Å². The molecule has 0 bridgehead atoms.